The number of amides is 2. The minimum absolute atomic E-state index is 0.121. The molecule has 6 nitrogen and oxygen atoms in total. The van der Waals surface area contributed by atoms with E-state index in [2.05, 4.69) is 5.10 Å². The van der Waals surface area contributed by atoms with E-state index in [4.69, 9.17) is 17.3 Å². The molecule has 1 fully saturated rings. The molecule has 3 rings (SSSR count). The van der Waals surface area contributed by atoms with Gasteiger partial charge in [0.15, 0.2) is 0 Å². The van der Waals surface area contributed by atoms with Crippen molar-refractivity contribution in [1.82, 2.24) is 14.7 Å². The number of hydrogen-bond donors (Lipinski definition) is 1. The van der Waals surface area contributed by atoms with E-state index >= 15 is 0 Å². The Hall–Kier alpha value is -2.34. The average molecular weight is 347 g/mol. The Morgan fingerprint density at radius 1 is 1.42 bits per heavy atom. The highest BCUT2D eigenvalue weighted by Gasteiger charge is 2.34. The Morgan fingerprint density at radius 2 is 2.12 bits per heavy atom. The molecular formula is C17H19ClN4O2. The summed E-state index contributed by atoms with van der Waals surface area (Å²) in [6, 6.07) is 5.70. The molecule has 0 aliphatic heterocycles. The largest absolute Gasteiger partial charge is 0.368 e. The molecule has 2 aromatic rings. The van der Waals surface area contributed by atoms with Crippen LogP contribution in [0.2, 0.25) is 5.02 Å². The molecule has 1 aliphatic rings. The van der Waals surface area contributed by atoms with Gasteiger partial charge in [0.25, 0.3) is 5.91 Å². The lowest BCUT2D eigenvalue weighted by molar-refractivity contribution is -0.118. The van der Waals surface area contributed by atoms with E-state index in [1.54, 1.807) is 17.9 Å². The Balaban J connectivity index is 2.01. The zero-order valence-electron chi connectivity index (χ0n) is 13.6. The first-order valence-electron chi connectivity index (χ1n) is 7.76. The minimum Gasteiger partial charge on any atom is -0.368 e. The van der Waals surface area contributed by atoms with Crippen LogP contribution in [0, 0.1) is 6.92 Å². The van der Waals surface area contributed by atoms with Crippen LogP contribution >= 0.6 is 11.6 Å². The summed E-state index contributed by atoms with van der Waals surface area (Å²) in [6.45, 7) is 1.81. The molecule has 1 aliphatic carbocycles. The van der Waals surface area contributed by atoms with Crippen LogP contribution in [0.3, 0.4) is 0 Å². The van der Waals surface area contributed by atoms with Crippen LogP contribution in [0.5, 0.6) is 0 Å². The van der Waals surface area contributed by atoms with Gasteiger partial charge >= 0.3 is 0 Å². The second kappa shape index (κ2) is 6.28. The molecule has 0 unspecified atom stereocenters. The number of nitrogens with zero attached hydrogens (tertiary/aromatic N) is 3. The van der Waals surface area contributed by atoms with Crippen LogP contribution in [-0.2, 0) is 4.79 Å². The zero-order chi connectivity index (χ0) is 17.4. The van der Waals surface area contributed by atoms with Crippen molar-refractivity contribution in [1.29, 1.82) is 0 Å². The first kappa shape index (κ1) is 16.5. The molecular weight excluding hydrogens is 328 g/mol. The molecule has 0 radical (unpaired) electrons. The first-order chi connectivity index (χ1) is 11.4. The van der Waals surface area contributed by atoms with Crippen molar-refractivity contribution >= 4 is 23.4 Å². The predicted octanol–water partition coefficient (Wildman–Crippen LogP) is 2.27. The number of primary amides is 1. The van der Waals surface area contributed by atoms with E-state index in [-0.39, 0.29) is 12.5 Å². The Labute approximate surface area is 145 Å². The van der Waals surface area contributed by atoms with Gasteiger partial charge in [0.2, 0.25) is 5.91 Å². The maximum absolute atomic E-state index is 12.6. The minimum atomic E-state index is -0.545. The number of hydrogen-bond acceptors (Lipinski definition) is 3. The topological polar surface area (TPSA) is 81.2 Å². The van der Waals surface area contributed by atoms with Crippen molar-refractivity contribution in [3.8, 4) is 5.69 Å². The smallest absolute Gasteiger partial charge is 0.257 e. The summed E-state index contributed by atoms with van der Waals surface area (Å²) >= 11 is 6.22. The van der Waals surface area contributed by atoms with Crippen molar-refractivity contribution in [3.63, 3.8) is 0 Å². The Kier molecular flexibility index (Phi) is 4.32. The number of carbonyl (C=O) groups is 2. The summed E-state index contributed by atoms with van der Waals surface area (Å²) < 4.78 is 1.77. The summed E-state index contributed by atoms with van der Waals surface area (Å²) in [5.41, 5.74) is 8.37. The molecule has 1 saturated carbocycles. The van der Waals surface area contributed by atoms with Gasteiger partial charge in [-0.05, 0) is 37.5 Å². The lowest BCUT2D eigenvalue weighted by Gasteiger charge is -2.16. The van der Waals surface area contributed by atoms with Gasteiger partial charge in [-0.25, -0.2) is 4.68 Å². The SMILES string of the molecule is Cc1ccc(-n2ncc(C(=O)N(C)CC(N)=O)c2C2CC2)cc1Cl. The van der Waals surface area contributed by atoms with Gasteiger partial charge in [0.05, 0.1) is 29.7 Å². The van der Waals surface area contributed by atoms with Crippen molar-refractivity contribution in [2.24, 2.45) is 5.73 Å². The van der Waals surface area contributed by atoms with E-state index in [1.807, 2.05) is 25.1 Å². The number of benzene rings is 1. The van der Waals surface area contributed by atoms with Crippen molar-refractivity contribution in [3.05, 3.63) is 46.2 Å². The number of halogens is 1. The third-order valence-electron chi connectivity index (χ3n) is 4.14. The number of rotatable bonds is 5. The van der Waals surface area contributed by atoms with Gasteiger partial charge in [0.1, 0.15) is 0 Å². The standard InChI is InChI=1S/C17H19ClN4O2/c1-10-3-6-12(7-14(10)18)22-16(11-4-5-11)13(8-20-22)17(24)21(2)9-15(19)23/h3,6-8,11H,4-5,9H2,1-2H3,(H2,19,23). The lowest BCUT2D eigenvalue weighted by atomic mass is 10.1. The maximum Gasteiger partial charge on any atom is 0.257 e. The summed E-state index contributed by atoms with van der Waals surface area (Å²) in [5.74, 6) is -0.495. The number of nitrogens with two attached hydrogens (primary N) is 1. The highest BCUT2D eigenvalue weighted by molar-refractivity contribution is 6.31. The van der Waals surface area contributed by atoms with Crippen molar-refractivity contribution in [2.45, 2.75) is 25.7 Å². The normalized spacial score (nSPS) is 13.8. The maximum atomic E-state index is 12.6. The van der Waals surface area contributed by atoms with Crippen LogP contribution in [0.1, 0.15) is 40.4 Å². The van der Waals surface area contributed by atoms with Gasteiger partial charge in [-0.15, -0.1) is 0 Å². The Bertz CT molecular complexity index is 811. The summed E-state index contributed by atoms with van der Waals surface area (Å²) in [5, 5.41) is 5.05. The van der Waals surface area contributed by atoms with E-state index in [0.29, 0.717) is 16.5 Å². The highest BCUT2D eigenvalue weighted by atomic mass is 35.5. The fraction of sp³-hybridized carbons (Fsp3) is 0.353. The van der Waals surface area contributed by atoms with Gasteiger partial charge < -0.3 is 10.6 Å². The molecule has 1 aromatic heterocycles. The van der Waals surface area contributed by atoms with E-state index in [0.717, 1.165) is 29.8 Å². The molecule has 126 valence electrons. The molecule has 0 bridgehead atoms. The lowest BCUT2D eigenvalue weighted by Crippen LogP contribution is -2.35. The van der Waals surface area contributed by atoms with E-state index in [9.17, 15) is 9.59 Å². The molecule has 1 aromatic carbocycles. The van der Waals surface area contributed by atoms with Crippen LogP contribution in [0.4, 0.5) is 0 Å². The van der Waals surface area contributed by atoms with E-state index in [1.165, 1.54) is 4.90 Å². The monoisotopic (exact) mass is 346 g/mol. The van der Waals surface area contributed by atoms with Crippen LogP contribution < -0.4 is 5.73 Å². The van der Waals surface area contributed by atoms with E-state index < -0.39 is 5.91 Å². The highest BCUT2D eigenvalue weighted by Crippen LogP contribution is 2.42. The quantitative estimate of drug-likeness (QED) is 0.901. The third-order valence-corrected chi connectivity index (χ3v) is 4.55. The van der Waals surface area contributed by atoms with Gasteiger partial charge in [-0.2, -0.15) is 5.10 Å². The number of aromatic nitrogens is 2. The summed E-state index contributed by atoms with van der Waals surface area (Å²) in [4.78, 5) is 25.0. The zero-order valence-corrected chi connectivity index (χ0v) is 14.4. The van der Waals surface area contributed by atoms with Crippen molar-refractivity contribution < 1.29 is 9.59 Å². The van der Waals surface area contributed by atoms with Crippen LogP contribution in [-0.4, -0.2) is 40.1 Å². The molecule has 24 heavy (non-hydrogen) atoms. The molecule has 2 amide bonds. The number of likely N-dealkylation sites (N-methyl/N-ethyl adjacent to an activating group) is 1. The number of aryl methyl sites for hydroxylation is 1. The average Bonchev–Trinajstić information content (AvgIpc) is 3.27. The summed E-state index contributed by atoms with van der Waals surface area (Å²) in [7, 11) is 1.56. The van der Waals surface area contributed by atoms with Gasteiger partial charge in [-0.1, -0.05) is 17.7 Å². The predicted molar refractivity (Wildman–Crippen MR) is 91.4 cm³/mol. The van der Waals surface area contributed by atoms with Gasteiger partial charge in [-0.3, -0.25) is 9.59 Å². The van der Waals surface area contributed by atoms with Crippen LogP contribution in [0.25, 0.3) is 5.69 Å². The fourth-order valence-electron chi connectivity index (χ4n) is 2.70. The fourth-order valence-corrected chi connectivity index (χ4v) is 2.88. The molecule has 2 N–H and O–H groups in total. The summed E-state index contributed by atoms with van der Waals surface area (Å²) in [6.07, 6.45) is 3.59. The second-order valence-electron chi connectivity index (χ2n) is 6.19. The third kappa shape index (κ3) is 3.14. The molecule has 7 heteroatoms. The molecule has 0 atom stereocenters. The molecule has 0 spiro atoms. The first-order valence-corrected chi connectivity index (χ1v) is 8.14. The molecule has 0 saturated heterocycles. The Morgan fingerprint density at radius 3 is 2.71 bits per heavy atom. The van der Waals surface area contributed by atoms with Crippen molar-refractivity contribution in [2.75, 3.05) is 13.6 Å². The second-order valence-corrected chi connectivity index (χ2v) is 6.60. The number of carbonyl (C=O) groups excluding carboxylic acids is 2. The van der Waals surface area contributed by atoms with Gasteiger partial charge in [0, 0.05) is 18.0 Å². The van der Waals surface area contributed by atoms with Crippen LogP contribution in [0.15, 0.2) is 24.4 Å². The molecule has 1 heterocycles.